The van der Waals surface area contributed by atoms with Gasteiger partial charge in [-0.15, -0.1) is 0 Å². The minimum atomic E-state index is -2.79. The molecular formula is C19H18F2N2O. The highest BCUT2D eigenvalue weighted by atomic mass is 19.3. The van der Waals surface area contributed by atoms with Crippen LogP contribution in [0.3, 0.4) is 0 Å². The molecule has 5 heteroatoms. The topological polar surface area (TPSA) is 25.4 Å². The predicted molar refractivity (Wildman–Crippen MR) is 90.0 cm³/mol. The summed E-state index contributed by atoms with van der Waals surface area (Å²) in [5.41, 5.74) is 3.20. The molecule has 0 aliphatic rings. The first-order chi connectivity index (χ1) is 11.6. The summed E-state index contributed by atoms with van der Waals surface area (Å²) in [6.45, 7) is -1.33. The summed E-state index contributed by atoms with van der Waals surface area (Å²) in [7, 11) is 2.02. The molecule has 0 radical (unpaired) electrons. The molecule has 0 bridgehead atoms. The minimum absolute atomic E-state index is 0.176. The highest BCUT2D eigenvalue weighted by Gasteiger charge is 2.07. The van der Waals surface area contributed by atoms with E-state index in [1.807, 2.05) is 31.3 Å². The van der Waals surface area contributed by atoms with Crippen molar-refractivity contribution in [1.82, 2.24) is 9.88 Å². The number of hydrogen-bond donors (Lipinski definition) is 0. The van der Waals surface area contributed by atoms with Gasteiger partial charge in [-0.2, -0.15) is 8.78 Å². The van der Waals surface area contributed by atoms with Gasteiger partial charge in [0.2, 0.25) is 0 Å². The maximum absolute atomic E-state index is 12.2. The molecule has 1 heterocycles. The van der Waals surface area contributed by atoms with Crippen LogP contribution in [-0.4, -0.2) is 23.5 Å². The zero-order valence-electron chi connectivity index (χ0n) is 13.3. The number of ether oxygens (including phenoxy) is 1. The fourth-order valence-electron chi connectivity index (χ4n) is 2.73. The Balaban J connectivity index is 1.67. The van der Waals surface area contributed by atoms with Gasteiger partial charge in [0.25, 0.3) is 0 Å². The summed E-state index contributed by atoms with van der Waals surface area (Å²) < 4.78 is 28.7. The zero-order valence-corrected chi connectivity index (χ0v) is 13.3. The highest BCUT2D eigenvalue weighted by molar-refractivity contribution is 5.81. The van der Waals surface area contributed by atoms with E-state index in [0.29, 0.717) is 6.54 Å². The molecule has 2 aromatic carbocycles. The number of aromatic nitrogens is 1. The molecule has 0 amide bonds. The predicted octanol–water partition coefficient (Wildman–Crippen LogP) is 4.47. The van der Waals surface area contributed by atoms with Gasteiger partial charge < -0.3 is 4.74 Å². The van der Waals surface area contributed by atoms with E-state index in [2.05, 4.69) is 20.7 Å². The first-order valence-electron chi connectivity index (χ1n) is 7.67. The van der Waals surface area contributed by atoms with Crippen molar-refractivity contribution in [2.24, 2.45) is 0 Å². The van der Waals surface area contributed by atoms with Crippen molar-refractivity contribution in [2.45, 2.75) is 19.7 Å². The van der Waals surface area contributed by atoms with Crippen molar-refractivity contribution in [3.8, 4) is 5.75 Å². The van der Waals surface area contributed by atoms with Crippen molar-refractivity contribution >= 4 is 10.9 Å². The van der Waals surface area contributed by atoms with Crippen molar-refractivity contribution in [2.75, 3.05) is 7.05 Å². The number of alkyl halides is 2. The summed E-state index contributed by atoms with van der Waals surface area (Å²) in [6, 6.07) is 16.9. The van der Waals surface area contributed by atoms with Gasteiger partial charge in [0.15, 0.2) is 0 Å². The van der Waals surface area contributed by atoms with Crippen molar-refractivity contribution in [1.29, 1.82) is 0 Å². The maximum atomic E-state index is 12.2. The number of nitrogens with zero attached hydrogens (tertiary/aromatic N) is 2. The van der Waals surface area contributed by atoms with Crippen LogP contribution in [0.15, 0.2) is 60.8 Å². The molecule has 0 atom stereocenters. The fraction of sp³-hybridized carbons (Fsp3) is 0.211. The Labute approximate surface area is 139 Å². The van der Waals surface area contributed by atoms with Crippen LogP contribution in [0.4, 0.5) is 8.78 Å². The second kappa shape index (κ2) is 7.36. The van der Waals surface area contributed by atoms with Gasteiger partial charge in [0.05, 0.1) is 5.52 Å². The average molecular weight is 328 g/mol. The van der Waals surface area contributed by atoms with E-state index in [1.165, 1.54) is 0 Å². The number of hydrogen-bond acceptors (Lipinski definition) is 3. The summed E-state index contributed by atoms with van der Waals surface area (Å²) >= 11 is 0. The second-order valence-electron chi connectivity index (χ2n) is 5.69. The fourth-order valence-corrected chi connectivity index (χ4v) is 2.73. The second-order valence-corrected chi connectivity index (χ2v) is 5.69. The molecule has 0 saturated carbocycles. The lowest BCUT2D eigenvalue weighted by Gasteiger charge is -2.18. The molecule has 0 N–H and O–H groups in total. The van der Waals surface area contributed by atoms with E-state index in [0.717, 1.165) is 28.6 Å². The van der Waals surface area contributed by atoms with Gasteiger partial charge >= 0.3 is 6.61 Å². The van der Waals surface area contributed by atoms with Crippen LogP contribution < -0.4 is 4.74 Å². The third kappa shape index (κ3) is 4.06. The van der Waals surface area contributed by atoms with Crippen LogP contribution in [-0.2, 0) is 13.1 Å². The third-order valence-corrected chi connectivity index (χ3v) is 3.76. The van der Waals surface area contributed by atoms with E-state index in [1.54, 1.807) is 30.5 Å². The Kier molecular flexibility index (Phi) is 5.01. The molecule has 3 aromatic rings. The van der Waals surface area contributed by atoms with Gasteiger partial charge in [-0.25, -0.2) is 0 Å². The summed E-state index contributed by atoms with van der Waals surface area (Å²) in [6.07, 6.45) is 1.80. The Morgan fingerprint density at radius 3 is 2.50 bits per heavy atom. The number of benzene rings is 2. The number of rotatable bonds is 6. The first-order valence-corrected chi connectivity index (χ1v) is 7.67. The number of para-hydroxylation sites is 1. The summed E-state index contributed by atoms with van der Waals surface area (Å²) in [4.78, 5) is 6.63. The van der Waals surface area contributed by atoms with Crippen LogP contribution in [0.1, 0.15) is 11.1 Å². The minimum Gasteiger partial charge on any atom is -0.435 e. The van der Waals surface area contributed by atoms with E-state index < -0.39 is 6.61 Å². The molecule has 0 unspecified atom stereocenters. The molecule has 124 valence electrons. The van der Waals surface area contributed by atoms with Crippen LogP contribution >= 0.6 is 0 Å². The van der Waals surface area contributed by atoms with Crippen molar-refractivity contribution in [3.05, 3.63) is 71.9 Å². The van der Waals surface area contributed by atoms with E-state index in [4.69, 9.17) is 0 Å². The summed E-state index contributed by atoms with van der Waals surface area (Å²) in [5, 5.41) is 1.12. The molecule has 0 spiro atoms. The highest BCUT2D eigenvalue weighted by Crippen LogP contribution is 2.19. The Morgan fingerprint density at radius 1 is 1.00 bits per heavy atom. The van der Waals surface area contributed by atoms with Crippen molar-refractivity contribution < 1.29 is 13.5 Å². The van der Waals surface area contributed by atoms with Gasteiger partial charge in [-0.1, -0.05) is 36.4 Å². The van der Waals surface area contributed by atoms with Crippen LogP contribution in [0, 0.1) is 0 Å². The van der Waals surface area contributed by atoms with E-state index in [9.17, 15) is 8.78 Å². The zero-order chi connectivity index (χ0) is 16.9. The smallest absolute Gasteiger partial charge is 0.387 e. The van der Waals surface area contributed by atoms with Crippen LogP contribution in [0.2, 0.25) is 0 Å². The normalized spacial score (nSPS) is 11.4. The lowest BCUT2D eigenvalue weighted by molar-refractivity contribution is -0.0498. The molecule has 0 aliphatic heterocycles. The molecule has 3 nitrogen and oxygen atoms in total. The standard InChI is InChI=1S/C19H18F2N2O/c1-23(12-14-7-9-17(10-8-14)24-19(20)21)13-16-5-2-4-15-6-3-11-22-18(15)16/h2-11,19H,12-13H2,1H3. The quantitative estimate of drug-likeness (QED) is 0.668. The number of pyridine rings is 1. The van der Waals surface area contributed by atoms with Gasteiger partial charge in [0.1, 0.15) is 5.75 Å². The van der Waals surface area contributed by atoms with Crippen LogP contribution in [0.5, 0.6) is 5.75 Å². The Hall–Kier alpha value is -2.53. The maximum Gasteiger partial charge on any atom is 0.387 e. The van der Waals surface area contributed by atoms with E-state index >= 15 is 0 Å². The monoisotopic (exact) mass is 328 g/mol. The van der Waals surface area contributed by atoms with Crippen molar-refractivity contribution in [3.63, 3.8) is 0 Å². The van der Waals surface area contributed by atoms with Gasteiger partial charge in [-0.05, 0) is 36.4 Å². The van der Waals surface area contributed by atoms with Gasteiger partial charge in [0, 0.05) is 24.7 Å². The van der Waals surface area contributed by atoms with E-state index in [-0.39, 0.29) is 5.75 Å². The Morgan fingerprint density at radius 2 is 1.75 bits per heavy atom. The first kappa shape index (κ1) is 16.3. The molecule has 0 saturated heterocycles. The number of halogens is 2. The average Bonchev–Trinajstić information content (AvgIpc) is 2.56. The molecule has 3 rings (SSSR count). The molecule has 0 fully saturated rings. The largest absolute Gasteiger partial charge is 0.435 e. The molecular weight excluding hydrogens is 310 g/mol. The molecule has 1 aromatic heterocycles. The molecule has 24 heavy (non-hydrogen) atoms. The molecule has 0 aliphatic carbocycles. The SMILES string of the molecule is CN(Cc1ccc(OC(F)F)cc1)Cc1cccc2cccnc12. The summed E-state index contributed by atoms with van der Waals surface area (Å²) in [5.74, 6) is 0.176. The third-order valence-electron chi connectivity index (χ3n) is 3.76. The van der Waals surface area contributed by atoms with Crippen LogP contribution in [0.25, 0.3) is 10.9 Å². The number of fused-ring (bicyclic) bond motifs is 1. The Bertz CT molecular complexity index is 801. The van der Waals surface area contributed by atoms with Gasteiger partial charge in [-0.3, -0.25) is 9.88 Å². The lowest BCUT2D eigenvalue weighted by atomic mass is 10.1. The lowest BCUT2D eigenvalue weighted by Crippen LogP contribution is -2.17.